The summed E-state index contributed by atoms with van der Waals surface area (Å²) >= 11 is 0. The van der Waals surface area contributed by atoms with Crippen LogP contribution in [-0.2, 0) is 6.42 Å². The molecule has 20 heavy (non-hydrogen) atoms. The van der Waals surface area contributed by atoms with Crippen molar-refractivity contribution in [2.24, 2.45) is 5.92 Å². The molecule has 0 radical (unpaired) electrons. The molecule has 2 aromatic heterocycles. The van der Waals surface area contributed by atoms with Crippen LogP contribution in [0.15, 0.2) is 12.4 Å². The first-order chi connectivity index (χ1) is 9.69. The van der Waals surface area contributed by atoms with Gasteiger partial charge in [0.25, 0.3) is 0 Å². The first-order valence-electron chi connectivity index (χ1n) is 6.54. The maximum absolute atomic E-state index is 11.3. The quantitative estimate of drug-likeness (QED) is 0.867. The SMILES string of the molecule is CNc1cnc(-n2nc(C(=O)O)c3c2[C@@H]2C[C@@H]2C3)cn1. The Bertz CT molecular complexity index is 706. The summed E-state index contributed by atoms with van der Waals surface area (Å²) in [4.78, 5) is 19.8. The lowest BCUT2D eigenvalue weighted by Crippen LogP contribution is -2.07. The molecule has 0 spiro atoms. The van der Waals surface area contributed by atoms with Crippen LogP contribution in [0.4, 0.5) is 5.82 Å². The number of nitrogens with one attached hydrogen (secondary N) is 1. The van der Waals surface area contributed by atoms with Crippen molar-refractivity contribution >= 4 is 11.8 Å². The van der Waals surface area contributed by atoms with Crippen molar-refractivity contribution in [1.29, 1.82) is 0 Å². The minimum Gasteiger partial charge on any atom is -0.476 e. The lowest BCUT2D eigenvalue weighted by Gasteiger charge is -2.05. The molecule has 0 saturated heterocycles. The Kier molecular flexibility index (Phi) is 2.15. The largest absolute Gasteiger partial charge is 0.476 e. The van der Waals surface area contributed by atoms with Crippen LogP contribution in [0.3, 0.4) is 0 Å². The number of carbonyl (C=O) groups is 1. The van der Waals surface area contributed by atoms with Crippen molar-refractivity contribution in [1.82, 2.24) is 19.7 Å². The van der Waals surface area contributed by atoms with Crippen LogP contribution in [0.1, 0.15) is 34.1 Å². The average Bonchev–Trinajstić information content (AvgIpc) is 2.95. The van der Waals surface area contributed by atoms with Gasteiger partial charge in [-0.3, -0.25) is 0 Å². The summed E-state index contributed by atoms with van der Waals surface area (Å²) in [7, 11) is 1.77. The van der Waals surface area contributed by atoms with Crippen LogP contribution in [0, 0.1) is 5.92 Å². The van der Waals surface area contributed by atoms with E-state index in [2.05, 4.69) is 20.4 Å². The number of fused-ring (bicyclic) bond motifs is 3. The Morgan fingerprint density at radius 3 is 2.95 bits per heavy atom. The third-order valence-corrected chi connectivity index (χ3v) is 4.08. The average molecular weight is 271 g/mol. The molecule has 0 bridgehead atoms. The standard InChI is InChI=1S/C13H13N5O2/c1-14-9-4-16-10(5-15-9)18-12-7-2-6(7)3-8(12)11(17-18)13(19)20/h4-7H,2-3H2,1H3,(H,14,15)(H,19,20)/t6-,7-/m1/s1. The molecule has 7 heteroatoms. The van der Waals surface area contributed by atoms with Gasteiger partial charge in [-0.1, -0.05) is 0 Å². The number of carboxylic acid groups (broad SMARTS) is 1. The molecular weight excluding hydrogens is 258 g/mol. The van der Waals surface area contributed by atoms with Gasteiger partial charge in [0.05, 0.1) is 18.1 Å². The van der Waals surface area contributed by atoms with E-state index in [1.807, 2.05) is 0 Å². The molecule has 1 saturated carbocycles. The zero-order chi connectivity index (χ0) is 13.9. The minimum absolute atomic E-state index is 0.159. The lowest BCUT2D eigenvalue weighted by molar-refractivity contribution is 0.0688. The number of carboxylic acids is 1. The Morgan fingerprint density at radius 2 is 2.30 bits per heavy atom. The minimum atomic E-state index is -0.971. The first-order valence-corrected chi connectivity index (χ1v) is 6.54. The maximum Gasteiger partial charge on any atom is 0.356 e. The topological polar surface area (TPSA) is 92.9 Å². The van der Waals surface area contributed by atoms with Gasteiger partial charge >= 0.3 is 5.97 Å². The van der Waals surface area contributed by atoms with E-state index in [1.54, 1.807) is 24.1 Å². The molecular formula is C13H13N5O2. The molecule has 0 amide bonds. The van der Waals surface area contributed by atoms with Gasteiger partial charge in [0.15, 0.2) is 11.5 Å². The normalized spacial score (nSPS) is 22.2. The fraction of sp³-hybridized carbons (Fsp3) is 0.385. The molecule has 7 nitrogen and oxygen atoms in total. The second-order valence-corrected chi connectivity index (χ2v) is 5.25. The van der Waals surface area contributed by atoms with Crippen molar-refractivity contribution in [2.45, 2.75) is 18.8 Å². The number of hydrogen-bond donors (Lipinski definition) is 2. The van der Waals surface area contributed by atoms with Crippen LogP contribution in [0.25, 0.3) is 5.82 Å². The van der Waals surface area contributed by atoms with Crippen LogP contribution >= 0.6 is 0 Å². The molecule has 1 fully saturated rings. The predicted molar refractivity (Wildman–Crippen MR) is 70.2 cm³/mol. The van der Waals surface area contributed by atoms with Crippen LogP contribution in [0.2, 0.25) is 0 Å². The van der Waals surface area contributed by atoms with E-state index in [1.165, 1.54) is 0 Å². The summed E-state index contributed by atoms with van der Waals surface area (Å²) in [6.07, 6.45) is 5.17. The molecule has 4 rings (SSSR count). The lowest BCUT2D eigenvalue weighted by atomic mass is 10.1. The molecule has 2 N–H and O–H groups in total. The van der Waals surface area contributed by atoms with Crippen LogP contribution < -0.4 is 5.32 Å². The smallest absolute Gasteiger partial charge is 0.356 e. The van der Waals surface area contributed by atoms with Gasteiger partial charge < -0.3 is 10.4 Å². The van der Waals surface area contributed by atoms with E-state index in [-0.39, 0.29) is 5.69 Å². The Hall–Kier alpha value is -2.44. The number of hydrogen-bond acceptors (Lipinski definition) is 5. The van der Waals surface area contributed by atoms with Crippen molar-refractivity contribution in [2.75, 3.05) is 12.4 Å². The highest BCUT2D eigenvalue weighted by Gasteiger charge is 2.50. The second kappa shape index (κ2) is 3.78. The highest BCUT2D eigenvalue weighted by Crippen LogP contribution is 2.57. The zero-order valence-corrected chi connectivity index (χ0v) is 10.9. The van der Waals surface area contributed by atoms with Crippen molar-refractivity contribution in [3.63, 3.8) is 0 Å². The van der Waals surface area contributed by atoms with Crippen molar-refractivity contribution in [3.05, 3.63) is 29.3 Å². The molecule has 2 heterocycles. The molecule has 2 aliphatic rings. The summed E-state index contributed by atoms with van der Waals surface area (Å²) in [5, 5.41) is 16.4. The summed E-state index contributed by atoms with van der Waals surface area (Å²) < 4.78 is 1.66. The Balaban J connectivity index is 1.85. The summed E-state index contributed by atoms with van der Waals surface area (Å²) in [6, 6.07) is 0. The Morgan fingerprint density at radius 1 is 1.45 bits per heavy atom. The third-order valence-electron chi connectivity index (χ3n) is 4.08. The number of aromatic nitrogens is 4. The molecule has 0 aromatic carbocycles. The summed E-state index contributed by atoms with van der Waals surface area (Å²) in [6.45, 7) is 0. The molecule has 0 aliphatic heterocycles. The zero-order valence-electron chi connectivity index (χ0n) is 10.9. The molecule has 2 atom stereocenters. The van der Waals surface area contributed by atoms with Gasteiger partial charge in [0.1, 0.15) is 5.82 Å². The number of nitrogens with zero attached hydrogens (tertiary/aromatic N) is 4. The van der Waals surface area contributed by atoms with E-state index in [9.17, 15) is 9.90 Å². The van der Waals surface area contributed by atoms with Crippen LogP contribution in [-0.4, -0.2) is 37.9 Å². The molecule has 102 valence electrons. The first kappa shape index (κ1) is 11.4. The van der Waals surface area contributed by atoms with Gasteiger partial charge in [0.2, 0.25) is 0 Å². The van der Waals surface area contributed by atoms with Gasteiger partial charge in [-0.15, -0.1) is 0 Å². The van der Waals surface area contributed by atoms with E-state index in [0.717, 1.165) is 24.1 Å². The summed E-state index contributed by atoms with van der Waals surface area (Å²) in [5.74, 6) is 1.30. The third kappa shape index (κ3) is 1.46. The van der Waals surface area contributed by atoms with Crippen molar-refractivity contribution < 1.29 is 9.90 Å². The second-order valence-electron chi connectivity index (χ2n) is 5.25. The summed E-state index contributed by atoms with van der Waals surface area (Å²) in [5.41, 5.74) is 2.05. The van der Waals surface area contributed by atoms with E-state index < -0.39 is 5.97 Å². The van der Waals surface area contributed by atoms with E-state index in [0.29, 0.717) is 23.5 Å². The fourth-order valence-corrected chi connectivity index (χ4v) is 3.02. The van der Waals surface area contributed by atoms with Gasteiger partial charge in [-0.2, -0.15) is 5.10 Å². The fourth-order valence-electron chi connectivity index (χ4n) is 3.02. The highest BCUT2D eigenvalue weighted by molar-refractivity contribution is 5.88. The van der Waals surface area contributed by atoms with Gasteiger partial charge in [-0.25, -0.2) is 19.4 Å². The number of aromatic carboxylic acids is 1. The molecule has 2 aromatic rings. The highest BCUT2D eigenvalue weighted by atomic mass is 16.4. The predicted octanol–water partition coefficient (Wildman–Crippen LogP) is 1.06. The van der Waals surface area contributed by atoms with E-state index >= 15 is 0 Å². The Labute approximate surface area is 114 Å². The maximum atomic E-state index is 11.3. The van der Waals surface area contributed by atoms with Crippen LogP contribution in [0.5, 0.6) is 0 Å². The molecule has 0 unspecified atom stereocenters. The number of rotatable bonds is 3. The van der Waals surface area contributed by atoms with Gasteiger partial charge in [-0.05, 0) is 18.8 Å². The van der Waals surface area contributed by atoms with Gasteiger partial charge in [0, 0.05) is 18.5 Å². The monoisotopic (exact) mass is 271 g/mol. The number of anilines is 1. The molecule has 2 aliphatic carbocycles. The van der Waals surface area contributed by atoms with E-state index in [4.69, 9.17) is 0 Å². The van der Waals surface area contributed by atoms with Crippen molar-refractivity contribution in [3.8, 4) is 5.82 Å².